The lowest BCUT2D eigenvalue weighted by molar-refractivity contribution is 0.0625. The third kappa shape index (κ3) is 3.07. The molecule has 4 heteroatoms. The number of rotatable bonds is 2. The van der Waals surface area contributed by atoms with Gasteiger partial charge in [-0.2, -0.15) is 0 Å². The maximum atomic E-state index is 12.4. The number of urea groups is 1. The predicted octanol–water partition coefficient (Wildman–Crippen LogP) is 4.14. The SMILES string of the molecule is C[C@@H]1CCC[C@H](C)N1NC(=O)Nc1cccc2ccccc12. The van der Waals surface area contributed by atoms with Crippen molar-refractivity contribution < 1.29 is 4.79 Å². The monoisotopic (exact) mass is 297 g/mol. The Balaban J connectivity index is 1.73. The first-order valence-electron chi connectivity index (χ1n) is 7.99. The largest absolute Gasteiger partial charge is 0.333 e. The Bertz CT molecular complexity index is 655. The van der Waals surface area contributed by atoms with Crippen molar-refractivity contribution in [2.24, 2.45) is 0 Å². The van der Waals surface area contributed by atoms with E-state index in [-0.39, 0.29) is 6.03 Å². The van der Waals surface area contributed by atoms with Gasteiger partial charge in [-0.15, -0.1) is 0 Å². The van der Waals surface area contributed by atoms with Crippen molar-refractivity contribution in [1.82, 2.24) is 10.4 Å². The van der Waals surface area contributed by atoms with Gasteiger partial charge in [0, 0.05) is 17.5 Å². The summed E-state index contributed by atoms with van der Waals surface area (Å²) in [5, 5.41) is 7.24. The lowest BCUT2D eigenvalue weighted by atomic mass is 10.00. The summed E-state index contributed by atoms with van der Waals surface area (Å²) < 4.78 is 0. The molecule has 2 aromatic carbocycles. The predicted molar refractivity (Wildman–Crippen MR) is 90.7 cm³/mol. The second kappa shape index (κ2) is 6.36. The highest BCUT2D eigenvalue weighted by atomic mass is 16.2. The molecule has 0 aliphatic carbocycles. The Labute approximate surface area is 131 Å². The molecule has 3 rings (SSSR count). The van der Waals surface area contributed by atoms with E-state index in [0.29, 0.717) is 12.1 Å². The molecule has 1 saturated heterocycles. The van der Waals surface area contributed by atoms with Crippen molar-refractivity contribution in [2.45, 2.75) is 45.2 Å². The van der Waals surface area contributed by atoms with Crippen LogP contribution in [-0.2, 0) is 0 Å². The molecule has 2 aromatic rings. The molecule has 2 atom stereocenters. The van der Waals surface area contributed by atoms with Gasteiger partial charge in [-0.1, -0.05) is 42.8 Å². The van der Waals surface area contributed by atoms with Crippen LogP contribution in [0.3, 0.4) is 0 Å². The van der Waals surface area contributed by atoms with Crippen LogP contribution in [0.4, 0.5) is 10.5 Å². The average molecular weight is 297 g/mol. The van der Waals surface area contributed by atoms with Gasteiger partial charge in [0.1, 0.15) is 0 Å². The minimum Gasteiger partial charge on any atom is -0.306 e. The first kappa shape index (κ1) is 14.9. The molecule has 116 valence electrons. The second-order valence-electron chi connectivity index (χ2n) is 6.13. The van der Waals surface area contributed by atoms with Crippen LogP contribution in [-0.4, -0.2) is 23.1 Å². The number of fused-ring (bicyclic) bond motifs is 1. The third-order valence-corrected chi connectivity index (χ3v) is 4.46. The van der Waals surface area contributed by atoms with E-state index in [4.69, 9.17) is 0 Å². The van der Waals surface area contributed by atoms with Gasteiger partial charge in [0.2, 0.25) is 0 Å². The summed E-state index contributed by atoms with van der Waals surface area (Å²) in [7, 11) is 0. The highest BCUT2D eigenvalue weighted by Gasteiger charge is 2.26. The average Bonchev–Trinajstić information content (AvgIpc) is 2.51. The van der Waals surface area contributed by atoms with Gasteiger partial charge in [-0.3, -0.25) is 5.43 Å². The molecule has 1 aliphatic heterocycles. The van der Waals surface area contributed by atoms with Crippen LogP contribution >= 0.6 is 0 Å². The zero-order valence-corrected chi connectivity index (χ0v) is 13.2. The highest BCUT2D eigenvalue weighted by Crippen LogP contribution is 2.23. The number of carbonyl (C=O) groups is 1. The fourth-order valence-electron chi connectivity index (χ4n) is 3.24. The molecule has 0 saturated carbocycles. The molecule has 22 heavy (non-hydrogen) atoms. The molecule has 0 spiro atoms. The maximum Gasteiger partial charge on any atom is 0.333 e. The van der Waals surface area contributed by atoms with Gasteiger partial charge >= 0.3 is 6.03 Å². The molecule has 1 heterocycles. The number of anilines is 1. The Kier molecular flexibility index (Phi) is 4.29. The fourth-order valence-corrected chi connectivity index (χ4v) is 3.24. The van der Waals surface area contributed by atoms with Crippen LogP contribution < -0.4 is 10.7 Å². The zero-order valence-electron chi connectivity index (χ0n) is 13.2. The number of carbonyl (C=O) groups excluding carboxylic acids is 1. The third-order valence-electron chi connectivity index (χ3n) is 4.46. The van der Waals surface area contributed by atoms with E-state index >= 15 is 0 Å². The number of piperidine rings is 1. The lowest BCUT2D eigenvalue weighted by Gasteiger charge is -2.38. The molecular formula is C18H23N3O. The summed E-state index contributed by atoms with van der Waals surface area (Å²) in [4.78, 5) is 12.4. The molecule has 2 N–H and O–H groups in total. The van der Waals surface area contributed by atoms with Gasteiger partial charge in [-0.05, 0) is 38.1 Å². The number of hydrazine groups is 1. The first-order chi connectivity index (χ1) is 10.6. The second-order valence-corrected chi connectivity index (χ2v) is 6.13. The van der Waals surface area contributed by atoms with E-state index in [0.717, 1.165) is 29.3 Å². The van der Waals surface area contributed by atoms with E-state index in [2.05, 4.69) is 29.6 Å². The molecule has 4 nitrogen and oxygen atoms in total. The fraction of sp³-hybridized carbons (Fsp3) is 0.389. The van der Waals surface area contributed by atoms with Crippen LogP contribution in [0, 0.1) is 0 Å². The smallest absolute Gasteiger partial charge is 0.306 e. The number of benzene rings is 2. The van der Waals surface area contributed by atoms with E-state index in [1.165, 1.54) is 6.42 Å². The van der Waals surface area contributed by atoms with Gasteiger partial charge in [0.25, 0.3) is 0 Å². The van der Waals surface area contributed by atoms with Crippen LogP contribution in [0.25, 0.3) is 10.8 Å². The molecular weight excluding hydrogens is 274 g/mol. The van der Waals surface area contributed by atoms with Gasteiger partial charge in [0.15, 0.2) is 0 Å². The van der Waals surface area contributed by atoms with Gasteiger partial charge < -0.3 is 5.32 Å². The molecule has 0 radical (unpaired) electrons. The first-order valence-corrected chi connectivity index (χ1v) is 7.99. The number of hydrogen-bond acceptors (Lipinski definition) is 2. The summed E-state index contributed by atoms with van der Waals surface area (Å²) in [5.74, 6) is 0. The van der Waals surface area contributed by atoms with Crippen molar-refractivity contribution in [3.63, 3.8) is 0 Å². The van der Waals surface area contributed by atoms with E-state index in [1.54, 1.807) is 0 Å². The normalized spacial score (nSPS) is 22.5. The number of nitrogens with zero attached hydrogens (tertiary/aromatic N) is 1. The van der Waals surface area contributed by atoms with Crippen LogP contribution in [0.1, 0.15) is 33.1 Å². The Morgan fingerprint density at radius 2 is 1.73 bits per heavy atom. The van der Waals surface area contributed by atoms with E-state index < -0.39 is 0 Å². The number of amides is 2. The Morgan fingerprint density at radius 3 is 2.50 bits per heavy atom. The summed E-state index contributed by atoms with van der Waals surface area (Å²) in [6.07, 6.45) is 3.48. The van der Waals surface area contributed by atoms with Crippen molar-refractivity contribution in [3.05, 3.63) is 42.5 Å². The molecule has 0 bridgehead atoms. The van der Waals surface area contributed by atoms with Crippen LogP contribution in [0.5, 0.6) is 0 Å². The number of nitrogens with one attached hydrogen (secondary N) is 2. The zero-order chi connectivity index (χ0) is 15.5. The standard InChI is InChI=1S/C18H23N3O/c1-13-7-5-8-14(2)21(13)20-18(22)19-17-12-6-10-15-9-3-4-11-16(15)17/h3-4,6,9-14H,5,7-8H2,1-2H3,(H2,19,20,22)/t13-,14+. The quantitative estimate of drug-likeness (QED) is 0.875. The van der Waals surface area contributed by atoms with E-state index in [9.17, 15) is 4.79 Å². The molecule has 1 aliphatic rings. The molecule has 0 aromatic heterocycles. The summed E-state index contributed by atoms with van der Waals surface area (Å²) >= 11 is 0. The summed E-state index contributed by atoms with van der Waals surface area (Å²) in [6, 6.07) is 14.6. The molecule has 2 amide bonds. The van der Waals surface area contributed by atoms with Gasteiger partial charge in [-0.25, -0.2) is 9.80 Å². The lowest BCUT2D eigenvalue weighted by Crippen LogP contribution is -2.55. The number of hydrogen-bond donors (Lipinski definition) is 2. The van der Waals surface area contributed by atoms with Gasteiger partial charge in [0.05, 0.1) is 5.69 Å². The van der Waals surface area contributed by atoms with Crippen LogP contribution in [0.15, 0.2) is 42.5 Å². The minimum absolute atomic E-state index is 0.169. The topological polar surface area (TPSA) is 44.4 Å². The Hall–Kier alpha value is -2.07. The molecule has 1 fully saturated rings. The van der Waals surface area contributed by atoms with Crippen LogP contribution in [0.2, 0.25) is 0 Å². The summed E-state index contributed by atoms with van der Waals surface area (Å²) in [6.45, 7) is 4.32. The highest BCUT2D eigenvalue weighted by molar-refractivity contribution is 6.01. The molecule has 0 unspecified atom stereocenters. The van der Waals surface area contributed by atoms with Crippen molar-refractivity contribution in [1.29, 1.82) is 0 Å². The van der Waals surface area contributed by atoms with Crippen molar-refractivity contribution in [2.75, 3.05) is 5.32 Å². The van der Waals surface area contributed by atoms with Crippen molar-refractivity contribution in [3.8, 4) is 0 Å². The van der Waals surface area contributed by atoms with E-state index in [1.807, 2.05) is 42.5 Å². The Morgan fingerprint density at radius 1 is 1.05 bits per heavy atom. The maximum absolute atomic E-state index is 12.4. The van der Waals surface area contributed by atoms with Crippen molar-refractivity contribution >= 4 is 22.5 Å². The summed E-state index contributed by atoms with van der Waals surface area (Å²) in [5.41, 5.74) is 3.86. The minimum atomic E-state index is -0.169.